The van der Waals surface area contributed by atoms with Gasteiger partial charge in [-0.05, 0) is 12.8 Å². The monoisotopic (exact) mass is 269 g/mol. The lowest BCUT2D eigenvalue weighted by molar-refractivity contribution is -0.0107. The summed E-state index contributed by atoms with van der Waals surface area (Å²) in [6.45, 7) is 7.77. The SMILES string of the molecule is CCCCCCCCCCC(OCCC)C1CNC1. The third-order valence-electron chi connectivity index (χ3n) is 4.22. The molecule has 0 aromatic carbocycles. The first-order chi connectivity index (χ1) is 9.38. The third kappa shape index (κ3) is 7.94. The van der Waals surface area contributed by atoms with Gasteiger partial charge in [-0.25, -0.2) is 0 Å². The quantitative estimate of drug-likeness (QED) is 0.496. The number of hydrogen-bond acceptors (Lipinski definition) is 2. The molecule has 1 rings (SSSR count). The molecule has 0 aromatic heterocycles. The smallest absolute Gasteiger partial charge is 0.0627 e. The first kappa shape index (κ1) is 17.0. The topological polar surface area (TPSA) is 21.3 Å². The molecule has 2 heteroatoms. The van der Waals surface area contributed by atoms with Crippen LogP contribution in [0.3, 0.4) is 0 Å². The molecule has 0 aliphatic carbocycles. The molecule has 1 heterocycles. The van der Waals surface area contributed by atoms with Gasteiger partial charge in [0.05, 0.1) is 6.10 Å². The summed E-state index contributed by atoms with van der Waals surface area (Å²) in [5.74, 6) is 0.788. The highest BCUT2D eigenvalue weighted by Gasteiger charge is 2.26. The van der Waals surface area contributed by atoms with Crippen LogP contribution in [0.15, 0.2) is 0 Å². The first-order valence-electron chi connectivity index (χ1n) is 8.70. The van der Waals surface area contributed by atoms with Gasteiger partial charge in [0.15, 0.2) is 0 Å². The summed E-state index contributed by atoms with van der Waals surface area (Å²) < 4.78 is 6.01. The predicted molar refractivity (Wildman–Crippen MR) is 83.6 cm³/mol. The third-order valence-corrected chi connectivity index (χ3v) is 4.22. The van der Waals surface area contributed by atoms with E-state index in [0.717, 1.165) is 18.9 Å². The molecule has 0 radical (unpaired) electrons. The van der Waals surface area contributed by atoms with Crippen molar-refractivity contribution in [3.8, 4) is 0 Å². The lowest BCUT2D eigenvalue weighted by Gasteiger charge is -2.34. The second kappa shape index (κ2) is 11.7. The van der Waals surface area contributed by atoms with Gasteiger partial charge in [-0.1, -0.05) is 65.2 Å². The Hall–Kier alpha value is -0.0800. The van der Waals surface area contributed by atoms with Crippen molar-refractivity contribution < 1.29 is 4.74 Å². The van der Waals surface area contributed by atoms with Gasteiger partial charge in [0.1, 0.15) is 0 Å². The highest BCUT2D eigenvalue weighted by Crippen LogP contribution is 2.20. The van der Waals surface area contributed by atoms with Crippen LogP contribution >= 0.6 is 0 Å². The minimum absolute atomic E-state index is 0.529. The van der Waals surface area contributed by atoms with Crippen molar-refractivity contribution in [3.63, 3.8) is 0 Å². The van der Waals surface area contributed by atoms with Crippen molar-refractivity contribution in [2.24, 2.45) is 5.92 Å². The lowest BCUT2D eigenvalue weighted by atomic mass is 9.92. The van der Waals surface area contributed by atoms with Crippen LogP contribution in [-0.4, -0.2) is 25.8 Å². The highest BCUT2D eigenvalue weighted by atomic mass is 16.5. The highest BCUT2D eigenvalue weighted by molar-refractivity contribution is 4.82. The van der Waals surface area contributed by atoms with Gasteiger partial charge in [0.2, 0.25) is 0 Å². The van der Waals surface area contributed by atoms with Crippen LogP contribution in [0.5, 0.6) is 0 Å². The van der Waals surface area contributed by atoms with Gasteiger partial charge >= 0.3 is 0 Å². The molecule has 114 valence electrons. The van der Waals surface area contributed by atoms with E-state index in [4.69, 9.17) is 4.74 Å². The average molecular weight is 269 g/mol. The van der Waals surface area contributed by atoms with Crippen LogP contribution in [0.25, 0.3) is 0 Å². The summed E-state index contributed by atoms with van der Waals surface area (Å²) in [7, 11) is 0. The van der Waals surface area contributed by atoms with Crippen LogP contribution < -0.4 is 5.32 Å². The van der Waals surface area contributed by atoms with Gasteiger partial charge in [-0.15, -0.1) is 0 Å². The fourth-order valence-electron chi connectivity index (χ4n) is 2.78. The standard InChI is InChI=1S/C17H35NO/c1-3-5-6-7-8-9-10-11-12-17(19-13-4-2)16-14-18-15-16/h16-18H,3-15H2,1-2H3. The lowest BCUT2D eigenvalue weighted by Crippen LogP contribution is -2.49. The summed E-state index contributed by atoms with van der Waals surface area (Å²) in [4.78, 5) is 0. The van der Waals surface area contributed by atoms with E-state index in [-0.39, 0.29) is 0 Å². The number of nitrogens with one attached hydrogen (secondary N) is 1. The Morgan fingerprint density at radius 3 is 2.05 bits per heavy atom. The Bertz CT molecular complexity index is 192. The van der Waals surface area contributed by atoms with Crippen LogP contribution in [-0.2, 0) is 4.74 Å². The van der Waals surface area contributed by atoms with E-state index >= 15 is 0 Å². The summed E-state index contributed by atoms with van der Waals surface area (Å²) in [5, 5.41) is 3.37. The Morgan fingerprint density at radius 1 is 0.895 bits per heavy atom. The van der Waals surface area contributed by atoms with E-state index in [1.165, 1.54) is 70.9 Å². The van der Waals surface area contributed by atoms with Crippen molar-refractivity contribution >= 4 is 0 Å². The maximum Gasteiger partial charge on any atom is 0.0627 e. The Kier molecular flexibility index (Phi) is 10.5. The van der Waals surface area contributed by atoms with E-state index in [1.807, 2.05) is 0 Å². The molecule has 1 saturated heterocycles. The Labute approximate surface area is 120 Å². The van der Waals surface area contributed by atoms with E-state index < -0.39 is 0 Å². The van der Waals surface area contributed by atoms with Crippen LogP contribution in [0, 0.1) is 5.92 Å². The minimum atomic E-state index is 0.529. The van der Waals surface area contributed by atoms with Crippen molar-refractivity contribution in [3.05, 3.63) is 0 Å². The maximum absolute atomic E-state index is 6.01. The number of ether oxygens (including phenoxy) is 1. The minimum Gasteiger partial charge on any atom is -0.378 e. The van der Waals surface area contributed by atoms with E-state index in [9.17, 15) is 0 Å². The molecule has 0 bridgehead atoms. The molecule has 2 nitrogen and oxygen atoms in total. The van der Waals surface area contributed by atoms with Crippen molar-refractivity contribution in [1.82, 2.24) is 5.32 Å². The van der Waals surface area contributed by atoms with Crippen LogP contribution in [0.1, 0.15) is 78.1 Å². The predicted octanol–water partition coefficient (Wildman–Crippen LogP) is 4.53. The number of unbranched alkanes of at least 4 members (excludes halogenated alkanes) is 7. The van der Waals surface area contributed by atoms with E-state index in [1.54, 1.807) is 0 Å². The van der Waals surface area contributed by atoms with Crippen LogP contribution in [0.2, 0.25) is 0 Å². The van der Waals surface area contributed by atoms with Gasteiger partial charge in [0, 0.05) is 25.6 Å². The summed E-state index contributed by atoms with van der Waals surface area (Å²) >= 11 is 0. The number of hydrogen-bond donors (Lipinski definition) is 1. The van der Waals surface area contributed by atoms with Crippen LogP contribution in [0.4, 0.5) is 0 Å². The summed E-state index contributed by atoms with van der Waals surface area (Å²) in [6, 6.07) is 0. The molecule has 1 atom stereocenters. The molecule has 0 amide bonds. The van der Waals surface area contributed by atoms with Crippen molar-refractivity contribution in [2.45, 2.75) is 84.2 Å². The maximum atomic E-state index is 6.01. The van der Waals surface area contributed by atoms with Crippen molar-refractivity contribution in [2.75, 3.05) is 19.7 Å². The average Bonchev–Trinajstić information content (AvgIpc) is 2.36. The van der Waals surface area contributed by atoms with Crippen molar-refractivity contribution in [1.29, 1.82) is 0 Å². The molecule has 1 unspecified atom stereocenters. The molecule has 1 aliphatic rings. The van der Waals surface area contributed by atoms with Gasteiger partial charge in [0.25, 0.3) is 0 Å². The first-order valence-corrected chi connectivity index (χ1v) is 8.70. The number of rotatable bonds is 13. The van der Waals surface area contributed by atoms with E-state index in [2.05, 4.69) is 19.2 Å². The zero-order chi connectivity index (χ0) is 13.8. The fourth-order valence-corrected chi connectivity index (χ4v) is 2.78. The largest absolute Gasteiger partial charge is 0.378 e. The molecule has 0 spiro atoms. The molecule has 1 aliphatic heterocycles. The van der Waals surface area contributed by atoms with Gasteiger partial charge in [-0.3, -0.25) is 0 Å². The van der Waals surface area contributed by atoms with E-state index in [0.29, 0.717) is 6.10 Å². The molecule has 19 heavy (non-hydrogen) atoms. The zero-order valence-corrected chi connectivity index (χ0v) is 13.3. The molecular formula is C17H35NO. The molecular weight excluding hydrogens is 234 g/mol. The van der Waals surface area contributed by atoms with Gasteiger partial charge in [-0.2, -0.15) is 0 Å². The Balaban J connectivity index is 1.95. The second-order valence-corrected chi connectivity index (χ2v) is 6.09. The molecule has 0 aromatic rings. The van der Waals surface area contributed by atoms with Gasteiger partial charge < -0.3 is 10.1 Å². The second-order valence-electron chi connectivity index (χ2n) is 6.09. The fraction of sp³-hybridized carbons (Fsp3) is 1.00. The zero-order valence-electron chi connectivity index (χ0n) is 13.3. The molecule has 0 saturated carbocycles. The normalized spacial score (nSPS) is 17.4. The summed E-state index contributed by atoms with van der Waals surface area (Å²) in [5.41, 5.74) is 0. The Morgan fingerprint density at radius 2 is 1.53 bits per heavy atom. The molecule has 1 N–H and O–H groups in total. The molecule has 1 fully saturated rings. The summed E-state index contributed by atoms with van der Waals surface area (Å²) in [6.07, 6.45) is 14.2.